The predicted octanol–water partition coefficient (Wildman–Crippen LogP) is -0.0286. The molecule has 0 aliphatic heterocycles. The van der Waals surface area contributed by atoms with Crippen LogP contribution < -0.4 is 10.5 Å². The van der Waals surface area contributed by atoms with Crippen LogP contribution >= 0.6 is 0 Å². The molecule has 5 nitrogen and oxygen atoms in total. The normalized spacial score (nSPS) is 18.9. The van der Waals surface area contributed by atoms with Gasteiger partial charge in [-0.05, 0) is 18.8 Å². The Bertz CT molecular complexity index is 307. The van der Waals surface area contributed by atoms with E-state index in [2.05, 4.69) is 4.72 Å². The molecule has 0 aromatic carbocycles. The van der Waals surface area contributed by atoms with Crippen molar-refractivity contribution in [2.75, 3.05) is 12.3 Å². The Labute approximate surface area is 90.5 Å². The van der Waals surface area contributed by atoms with Gasteiger partial charge in [0.25, 0.3) is 0 Å². The summed E-state index contributed by atoms with van der Waals surface area (Å²) in [4.78, 5) is 10.4. The number of rotatable bonds is 5. The Balaban J connectivity index is 2.37. The first-order chi connectivity index (χ1) is 6.99. The van der Waals surface area contributed by atoms with Gasteiger partial charge in [0, 0.05) is 0 Å². The maximum atomic E-state index is 11.5. The van der Waals surface area contributed by atoms with E-state index in [0.717, 1.165) is 25.7 Å². The second-order valence-electron chi connectivity index (χ2n) is 4.07. The molecule has 1 aliphatic rings. The van der Waals surface area contributed by atoms with Gasteiger partial charge < -0.3 is 5.73 Å². The number of hydrogen-bond donors (Lipinski definition) is 2. The summed E-state index contributed by atoms with van der Waals surface area (Å²) in [5.41, 5.74) is 4.87. The monoisotopic (exact) mass is 234 g/mol. The summed E-state index contributed by atoms with van der Waals surface area (Å²) < 4.78 is 25.2. The lowest BCUT2D eigenvalue weighted by molar-refractivity contribution is -0.116. The zero-order valence-electron chi connectivity index (χ0n) is 8.74. The highest BCUT2D eigenvalue weighted by Gasteiger charge is 2.21. The SMILES string of the molecule is NC(=O)CNS(=O)(=O)CC1CCCCC1. The highest BCUT2D eigenvalue weighted by molar-refractivity contribution is 7.89. The zero-order valence-corrected chi connectivity index (χ0v) is 9.55. The van der Waals surface area contributed by atoms with Crippen LogP contribution in [0.5, 0.6) is 0 Å². The summed E-state index contributed by atoms with van der Waals surface area (Å²) in [5.74, 6) is -0.286. The van der Waals surface area contributed by atoms with Crippen molar-refractivity contribution in [2.45, 2.75) is 32.1 Å². The van der Waals surface area contributed by atoms with Crippen molar-refractivity contribution < 1.29 is 13.2 Å². The topological polar surface area (TPSA) is 89.3 Å². The maximum absolute atomic E-state index is 11.5. The molecule has 15 heavy (non-hydrogen) atoms. The van der Waals surface area contributed by atoms with Crippen molar-refractivity contribution in [1.29, 1.82) is 0 Å². The molecule has 1 fully saturated rings. The summed E-state index contributed by atoms with van der Waals surface area (Å²) in [7, 11) is -3.33. The molecule has 0 aromatic rings. The second-order valence-corrected chi connectivity index (χ2v) is 5.92. The fraction of sp³-hybridized carbons (Fsp3) is 0.889. The number of hydrogen-bond acceptors (Lipinski definition) is 3. The summed E-state index contributed by atoms with van der Waals surface area (Å²) in [6.45, 7) is -0.297. The van der Waals surface area contributed by atoms with Crippen molar-refractivity contribution in [1.82, 2.24) is 4.72 Å². The molecule has 0 atom stereocenters. The van der Waals surface area contributed by atoms with Crippen LogP contribution in [0.4, 0.5) is 0 Å². The Morgan fingerprint density at radius 3 is 2.40 bits per heavy atom. The first kappa shape index (κ1) is 12.4. The third-order valence-corrected chi connectivity index (χ3v) is 4.14. The fourth-order valence-electron chi connectivity index (χ4n) is 1.90. The van der Waals surface area contributed by atoms with Crippen LogP contribution in [0.2, 0.25) is 0 Å². The zero-order chi connectivity index (χ0) is 11.3. The second kappa shape index (κ2) is 5.46. The first-order valence-electron chi connectivity index (χ1n) is 5.25. The third kappa shape index (κ3) is 5.13. The Morgan fingerprint density at radius 2 is 1.87 bits per heavy atom. The highest BCUT2D eigenvalue weighted by atomic mass is 32.2. The number of nitrogens with one attached hydrogen (secondary N) is 1. The molecule has 1 aliphatic carbocycles. The fourth-order valence-corrected chi connectivity index (χ4v) is 3.34. The van der Waals surface area contributed by atoms with E-state index < -0.39 is 15.9 Å². The van der Waals surface area contributed by atoms with Gasteiger partial charge in [-0.3, -0.25) is 4.79 Å². The number of carbonyl (C=O) groups excluding carboxylic acids is 1. The molecule has 3 N–H and O–H groups in total. The summed E-state index contributed by atoms with van der Waals surface area (Å²) in [5, 5.41) is 0. The Hall–Kier alpha value is -0.620. The van der Waals surface area contributed by atoms with Crippen LogP contribution in [-0.2, 0) is 14.8 Å². The molecule has 6 heteroatoms. The van der Waals surface area contributed by atoms with Crippen molar-refractivity contribution in [2.24, 2.45) is 11.7 Å². The molecule has 0 spiro atoms. The number of amides is 1. The van der Waals surface area contributed by atoms with Gasteiger partial charge in [-0.25, -0.2) is 13.1 Å². The van der Waals surface area contributed by atoms with Crippen molar-refractivity contribution >= 4 is 15.9 Å². The number of nitrogens with two attached hydrogens (primary N) is 1. The molecule has 0 heterocycles. The van der Waals surface area contributed by atoms with E-state index in [0.29, 0.717) is 0 Å². The highest BCUT2D eigenvalue weighted by Crippen LogP contribution is 2.24. The predicted molar refractivity (Wildman–Crippen MR) is 57.6 cm³/mol. The largest absolute Gasteiger partial charge is 0.369 e. The lowest BCUT2D eigenvalue weighted by Crippen LogP contribution is -2.36. The van der Waals surface area contributed by atoms with Crippen LogP contribution in [0, 0.1) is 5.92 Å². The van der Waals surface area contributed by atoms with Crippen molar-refractivity contribution in [3.05, 3.63) is 0 Å². The first-order valence-corrected chi connectivity index (χ1v) is 6.90. The van der Waals surface area contributed by atoms with E-state index in [4.69, 9.17) is 5.73 Å². The van der Waals surface area contributed by atoms with E-state index in [1.165, 1.54) is 6.42 Å². The van der Waals surface area contributed by atoms with Gasteiger partial charge in [0.1, 0.15) is 0 Å². The van der Waals surface area contributed by atoms with E-state index in [1.807, 2.05) is 0 Å². The van der Waals surface area contributed by atoms with Crippen molar-refractivity contribution in [3.63, 3.8) is 0 Å². The molecule has 0 saturated heterocycles. The van der Waals surface area contributed by atoms with E-state index in [1.54, 1.807) is 0 Å². The lowest BCUT2D eigenvalue weighted by Gasteiger charge is -2.21. The third-order valence-electron chi connectivity index (χ3n) is 2.65. The minimum absolute atomic E-state index is 0.125. The maximum Gasteiger partial charge on any atom is 0.232 e. The van der Waals surface area contributed by atoms with Gasteiger partial charge in [-0.1, -0.05) is 19.3 Å². The number of primary amides is 1. The molecule has 0 aromatic heterocycles. The van der Waals surface area contributed by atoms with E-state index in [9.17, 15) is 13.2 Å². The molecular weight excluding hydrogens is 216 g/mol. The quantitative estimate of drug-likeness (QED) is 0.700. The molecule has 1 rings (SSSR count). The van der Waals surface area contributed by atoms with E-state index >= 15 is 0 Å². The van der Waals surface area contributed by atoms with Crippen LogP contribution in [-0.4, -0.2) is 26.6 Å². The molecule has 88 valence electrons. The molecule has 0 unspecified atom stereocenters. The van der Waals surface area contributed by atoms with Gasteiger partial charge in [0.2, 0.25) is 15.9 Å². The number of carbonyl (C=O) groups is 1. The molecule has 1 amide bonds. The van der Waals surface area contributed by atoms with Gasteiger partial charge in [-0.15, -0.1) is 0 Å². The minimum Gasteiger partial charge on any atom is -0.369 e. The average Bonchev–Trinajstić information content (AvgIpc) is 2.16. The summed E-state index contributed by atoms with van der Waals surface area (Å²) in [6, 6.07) is 0. The van der Waals surface area contributed by atoms with Gasteiger partial charge >= 0.3 is 0 Å². The van der Waals surface area contributed by atoms with Crippen LogP contribution in [0.1, 0.15) is 32.1 Å². The Morgan fingerprint density at radius 1 is 1.27 bits per heavy atom. The van der Waals surface area contributed by atoms with Crippen LogP contribution in [0.3, 0.4) is 0 Å². The van der Waals surface area contributed by atoms with E-state index in [-0.39, 0.29) is 18.2 Å². The van der Waals surface area contributed by atoms with Crippen LogP contribution in [0.25, 0.3) is 0 Å². The van der Waals surface area contributed by atoms with Gasteiger partial charge in [0.05, 0.1) is 12.3 Å². The summed E-state index contributed by atoms with van der Waals surface area (Å²) >= 11 is 0. The average molecular weight is 234 g/mol. The molecule has 0 bridgehead atoms. The van der Waals surface area contributed by atoms with Gasteiger partial charge in [0.15, 0.2) is 0 Å². The minimum atomic E-state index is -3.33. The Kier molecular flexibility index (Phi) is 4.53. The summed E-state index contributed by atoms with van der Waals surface area (Å²) in [6.07, 6.45) is 5.35. The molecule has 0 radical (unpaired) electrons. The molecule has 1 saturated carbocycles. The molecular formula is C9H18N2O3S. The number of sulfonamides is 1. The standard InChI is InChI=1S/C9H18N2O3S/c10-9(12)6-11-15(13,14)7-8-4-2-1-3-5-8/h8,11H,1-7H2,(H2,10,12). The smallest absolute Gasteiger partial charge is 0.232 e. The van der Waals surface area contributed by atoms with Gasteiger partial charge in [-0.2, -0.15) is 0 Å². The van der Waals surface area contributed by atoms with Crippen LogP contribution in [0.15, 0.2) is 0 Å². The lowest BCUT2D eigenvalue weighted by atomic mass is 9.91. The van der Waals surface area contributed by atoms with Crippen molar-refractivity contribution in [3.8, 4) is 0 Å².